The molecule has 2 saturated heterocycles. The summed E-state index contributed by atoms with van der Waals surface area (Å²) in [6.45, 7) is 15.5. The number of aliphatic hydroxyl groups excluding tert-OH is 3. The van der Waals surface area contributed by atoms with Gasteiger partial charge in [0.25, 0.3) is 5.69 Å². The molecule has 14 atom stereocenters. The number of non-ortho nitro benzene ring substituents is 1. The number of carbonyl (C=O) groups is 1. The van der Waals surface area contributed by atoms with Gasteiger partial charge in [0.05, 0.1) is 58.9 Å². The van der Waals surface area contributed by atoms with Crippen LogP contribution in [0, 0.1) is 33.8 Å². The average molecular weight is 933 g/mol. The lowest BCUT2D eigenvalue weighted by molar-refractivity contribution is -0.384. The highest BCUT2D eigenvalue weighted by Gasteiger charge is 2.52. The molecule has 0 unspecified atom stereocenters. The standard InChI is InChI=1S/C47H76N6O13/c1-11-38-47(8,58)42(56)30(4)39(49-66-36-15-12-13-16-36)28(2)26-46(7,61-10)43(31(5)40(54)32(6)44(57)64-38)65-45-41(55)37(25-29(3)63-45)51(9)23-21-33-27-52(50-48-33)22-14-24-62-35-19-17-34(18-20-35)53(59)60/h17-20,27-32,36-38,40-43,45,54-56,58H,11-16,21-26H2,1-10H3/b49-39+/t28-,29-,30+,31+,32-,37+,38-,40+,41-,42-,43-,45+,46-,47-/m1/s1. The van der Waals surface area contributed by atoms with Crippen molar-refractivity contribution in [3.63, 3.8) is 0 Å². The van der Waals surface area contributed by atoms with Crippen molar-refractivity contribution in [2.45, 2.75) is 186 Å². The molecule has 66 heavy (non-hydrogen) atoms. The quantitative estimate of drug-likeness (QED) is 0.0762. The first-order valence-electron chi connectivity index (χ1n) is 23.7. The Morgan fingerprint density at radius 1 is 1.05 bits per heavy atom. The summed E-state index contributed by atoms with van der Waals surface area (Å²) >= 11 is 0. The third-order valence-corrected chi connectivity index (χ3v) is 14.2. The molecule has 1 saturated carbocycles. The fraction of sp³-hybridized carbons (Fsp3) is 0.787. The number of esters is 1. The van der Waals surface area contributed by atoms with Gasteiger partial charge in [0.1, 0.15) is 29.7 Å². The Morgan fingerprint density at radius 2 is 1.73 bits per heavy atom. The van der Waals surface area contributed by atoms with Crippen molar-refractivity contribution in [2.75, 3.05) is 27.3 Å². The van der Waals surface area contributed by atoms with Gasteiger partial charge in [-0.25, -0.2) is 0 Å². The highest BCUT2D eigenvalue weighted by Crippen LogP contribution is 2.40. The van der Waals surface area contributed by atoms with Crippen LogP contribution in [0.25, 0.3) is 0 Å². The minimum Gasteiger partial charge on any atom is -0.494 e. The second-order valence-electron chi connectivity index (χ2n) is 19.4. The molecule has 1 aromatic heterocycles. The number of aromatic nitrogens is 3. The van der Waals surface area contributed by atoms with Gasteiger partial charge in [0.15, 0.2) is 6.29 Å². The minimum atomic E-state index is -1.88. The maximum absolute atomic E-state index is 13.8. The number of oxime groups is 1. The van der Waals surface area contributed by atoms with Crippen LogP contribution < -0.4 is 4.74 Å². The van der Waals surface area contributed by atoms with Gasteiger partial charge in [-0.3, -0.25) is 19.6 Å². The Balaban J connectivity index is 1.32. The molecule has 4 N–H and O–H groups in total. The Hall–Kier alpha value is -3.82. The van der Waals surface area contributed by atoms with E-state index in [-0.39, 0.29) is 30.7 Å². The summed E-state index contributed by atoms with van der Waals surface area (Å²) < 4.78 is 32.9. The first kappa shape index (κ1) is 53.1. The number of cyclic esters (lactones) is 1. The van der Waals surface area contributed by atoms with Crippen molar-refractivity contribution >= 4 is 17.4 Å². The Labute approximate surface area is 389 Å². The maximum Gasteiger partial charge on any atom is 0.311 e. The number of nitrogens with zero attached hydrogens (tertiary/aromatic N) is 6. The van der Waals surface area contributed by atoms with E-state index in [0.717, 1.165) is 31.4 Å². The van der Waals surface area contributed by atoms with E-state index in [4.69, 9.17) is 28.5 Å². The molecule has 1 aromatic carbocycles. The van der Waals surface area contributed by atoms with Gasteiger partial charge >= 0.3 is 5.97 Å². The van der Waals surface area contributed by atoms with Gasteiger partial charge in [0, 0.05) is 75.2 Å². The number of hydrogen-bond acceptors (Lipinski definition) is 17. The Bertz CT molecular complexity index is 1880. The van der Waals surface area contributed by atoms with E-state index in [2.05, 4.69) is 20.4 Å². The van der Waals surface area contributed by atoms with E-state index in [1.807, 2.05) is 34.0 Å². The minimum absolute atomic E-state index is 0.00140. The SMILES string of the molecule is CC[C@H]1OC(=O)[C@H](C)[C@@H](O)[C@H](C)[C@@H](O[C@@H]2O[C@H](C)C[C@H](N(C)CCc3cn(CCCOc4ccc([N+](=O)[O-])cc4)nn3)[C@H]2O)[C@](C)(OC)C[C@@H](C)/C(=N\OC2CCCC2)[C@H](C)[C@@H](O)[C@]1(C)O. The van der Waals surface area contributed by atoms with Crippen LogP contribution in [0.1, 0.15) is 112 Å². The second-order valence-corrected chi connectivity index (χ2v) is 19.4. The number of methoxy groups -OCH3 is 1. The normalized spacial score (nSPS) is 36.0. The van der Waals surface area contributed by atoms with Gasteiger partial charge in [-0.1, -0.05) is 38.1 Å². The van der Waals surface area contributed by atoms with Crippen LogP contribution in [-0.4, -0.2) is 150 Å². The number of nitro groups is 1. The van der Waals surface area contributed by atoms with Gasteiger partial charge in [-0.2, -0.15) is 0 Å². The molecule has 0 radical (unpaired) electrons. The summed E-state index contributed by atoms with van der Waals surface area (Å²) in [5, 5.41) is 72.0. The topological polar surface area (TPSA) is 243 Å². The number of rotatable bonds is 16. The van der Waals surface area contributed by atoms with Crippen LogP contribution in [0.5, 0.6) is 5.75 Å². The summed E-state index contributed by atoms with van der Waals surface area (Å²) in [5.41, 5.74) is -1.81. The molecule has 2 aliphatic heterocycles. The Morgan fingerprint density at radius 3 is 2.36 bits per heavy atom. The number of hydrogen-bond donors (Lipinski definition) is 4. The maximum atomic E-state index is 13.8. The van der Waals surface area contributed by atoms with Crippen LogP contribution in [0.2, 0.25) is 0 Å². The molecule has 0 spiro atoms. The smallest absolute Gasteiger partial charge is 0.311 e. The number of ether oxygens (including phenoxy) is 5. The van der Waals surface area contributed by atoms with Crippen molar-refractivity contribution in [1.29, 1.82) is 0 Å². The van der Waals surface area contributed by atoms with Gasteiger partial charge < -0.3 is 53.8 Å². The summed E-state index contributed by atoms with van der Waals surface area (Å²) in [5.74, 6) is -3.22. The number of likely N-dealkylation sites (N-methyl/N-ethyl adjacent to an activating group) is 1. The van der Waals surface area contributed by atoms with Gasteiger partial charge in [-0.15, -0.1) is 5.10 Å². The lowest BCUT2D eigenvalue weighted by Crippen LogP contribution is -2.60. The van der Waals surface area contributed by atoms with Crippen molar-refractivity contribution in [2.24, 2.45) is 28.8 Å². The number of nitro benzene ring substituents is 1. The lowest BCUT2D eigenvalue weighted by Gasteiger charge is -2.48. The van der Waals surface area contributed by atoms with E-state index in [0.29, 0.717) is 50.4 Å². The summed E-state index contributed by atoms with van der Waals surface area (Å²) in [6.07, 6.45) is 0.318. The number of aliphatic hydroxyl groups is 4. The number of aryl methyl sites for hydroxylation is 1. The van der Waals surface area contributed by atoms with Crippen molar-refractivity contribution in [3.05, 3.63) is 46.3 Å². The van der Waals surface area contributed by atoms with E-state index in [9.17, 15) is 35.3 Å². The van der Waals surface area contributed by atoms with Crippen LogP contribution in [0.4, 0.5) is 5.69 Å². The van der Waals surface area contributed by atoms with Crippen LogP contribution in [-0.2, 0) is 41.5 Å². The van der Waals surface area contributed by atoms with Crippen molar-refractivity contribution in [3.8, 4) is 5.75 Å². The monoisotopic (exact) mass is 933 g/mol. The number of benzene rings is 1. The summed E-state index contributed by atoms with van der Waals surface area (Å²) in [4.78, 5) is 32.4. The molecule has 0 bridgehead atoms. The third-order valence-electron chi connectivity index (χ3n) is 14.2. The molecular formula is C47H76N6O13. The zero-order chi connectivity index (χ0) is 48.5. The molecule has 1 aliphatic carbocycles. The number of carbonyl (C=O) groups excluding carboxylic acids is 1. The predicted molar refractivity (Wildman–Crippen MR) is 243 cm³/mol. The van der Waals surface area contributed by atoms with E-state index < -0.39 is 88.6 Å². The van der Waals surface area contributed by atoms with Gasteiger partial charge in [-0.05, 0) is 91.8 Å². The predicted octanol–water partition coefficient (Wildman–Crippen LogP) is 4.84. The average Bonchev–Trinajstić information content (AvgIpc) is 4.00. The first-order chi connectivity index (χ1) is 31.2. The largest absolute Gasteiger partial charge is 0.494 e. The zero-order valence-electron chi connectivity index (χ0n) is 40.5. The highest BCUT2D eigenvalue weighted by atomic mass is 16.7. The van der Waals surface area contributed by atoms with Gasteiger partial charge in [0.2, 0.25) is 0 Å². The van der Waals surface area contributed by atoms with Crippen molar-refractivity contribution < 1.29 is 58.7 Å². The fourth-order valence-electron chi connectivity index (χ4n) is 9.92. The summed E-state index contributed by atoms with van der Waals surface area (Å²) in [7, 11) is 3.48. The molecule has 3 heterocycles. The van der Waals surface area contributed by atoms with Crippen LogP contribution >= 0.6 is 0 Å². The first-order valence-corrected chi connectivity index (χ1v) is 23.7. The molecule has 19 heteroatoms. The second kappa shape index (κ2) is 23.5. The van der Waals surface area contributed by atoms with Crippen LogP contribution in [0.15, 0.2) is 35.6 Å². The third kappa shape index (κ3) is 13.0. The molecule has 372 valence electrons. The molecule has 0 amide bonds. The molecule has 3 aliphatic rings. The lowest BCUT2D eigenvalue weighted by atomic mass is 9.73. The zero-order valence-corrected chi connectivity index (χ0v) is 40.5. The molecule has 5 rings (SSSR count). The fourth-order valence-corrected chi connectivity index (χ4v) is 9.92. The molecule has 19 nitrogen and oxygen atoms in total. The molecule has 2 aromatic rings. The molecule has 3 fully saturated rings. The summed E-state index contributed by atoms with van der Waals surface area (Å²) in [6, 6.07) is 5.55. The molecular weight excluding hydrogens is 857 g/mol. The van der Waals surface area contributed by atoms with Crippen LogP contribution in [0.3, 0.4) is 0 Å². The Kier molecular flexibility index (Phi) is 18.9. The van der Waals surface area contributed by atoms with E-state index in [1.165, 1.54) is 19.1 Å². The van der Waals surface area contributed by atoms with Crippen molar-refractivity contribution in [1.82, 2.24) is 19.9 Å². The highest BCUT2D eigenvalue weighted by molar-refractivity contribution is 5.88. The van der Waals surface area contributed by atoms with E-state index in [1.54, 1.807) is 51.6 Å². The van der Waals surface area contributed by atoms with E-state index >= 15 is 0 Å².